The normalized spacial score (nSPS) is 16.3. The quantitative estimate of drug-likeness (QED) is 0.703. The molecular weight excluding hydrogens is 372 g/mol. The second-order valence-corrected chi connectivity index (χ2v) is 6.45. The van der Waals surface area contributed by atoms with Crippen molar-refractivity contribution in [3.63, 3.8) is 0 Å². The first kappa shape index (κ1) is 20.1. The van der Waals surface area contributed by atoms with Gasteiger partial charge in [-0.3, -0.25) is 0 Å². The van der Waals surface area contributed by atoms with Crippen LogP contribution in [0.3, 0.4) is 0 Å². The molecule has 150 valence electrons. The van der Waals surface area contributed by atoms with E-state index in [2.05, 4.69) is 0 Å². The number of imide groups is 1. The summed E-state index contributed by atoms with van der Waals surface area (Å²) in [6.07, 6.45) is 2.81. The van der Waals surface area contributed by atoms with Gasteiger partial charge < -0.3 is 14.4 Å². The van der Waals surface area contributed by atoms with Crippen molar-refractivity contribution in [2.45, 2.75) is 12.6 Å². The van der Waals surface area contributed by atoms with E-state index in [1.54, 1.807) is 18.2 Å². The van der Waals surface area contributed by atoms with Gasteiger partial charge in [0.05, 0.1) is 13.7 Å². The van der Waals surface area contributed by atoms with Crippen molar-refractivity contribution in [2.75, 3.05) is 20.2 Å². The second-order valence-electron chi connectivity index (χ2n) is 6.45. The maximum Gasteiger partial charge on any atom is 0.419 e. The summed E-state index contributed by atoms with van der Waals surface area (Å²) >= 11 is 0. The molecule has 7 nitrogen and oxygen atoms in total. The van der Waals surface area contributed by atoms with Crippen molar-refractivity contribution in [1.29, 1.82) is 0 Å². The number of hydrogen-bond donors (Lipinski definition) is 0. The number of carbonyl (C=O) groups is 3. The highest BCUT2D eigenvalue weighted by Gasteiger charge is 2.46. The van der Waals surface area contributed by atoms with E-state index >= 15 is 0 Å². The fourth-order valence-corrected chi connectivity index (χ4v) is 3.00. The van der Waals surface area contributed by atoms with E-state index in [0.717, 1.165) is 16.0 Å². The third-order valence-corrected chi connectivity index (χ3v) is 4.49. The minimum Gasteiger partial charge on any atom is -0.467 e. The molecule has 0 N–H and O–H groups in total. The van der Waals surface area contributed by atoms with E-state index in [1.807, 2.05) is 54.6 Å². The second kappa shape index (κ2) is 9.54. The standard InChI is InChI=1S/C22H22N2O5/c1-28-20(25)19-15-23(14-8-13-17-9-4-2-5-10-17)21(26)24(19)22(27)29-16-18-11-6-3-7-12-18/h2-13,19H,14-16H2,1H3/t19-/m0/s1. The third kappa shape index (κ3) is 5.01. The summed E-state index contributed by atoms with van der Waals surface area (Å²) in [4.78, 5) is 39.6. The summed E-state index contributed by atoms with van der Waals surface area (Å²) in [6.45, 7) is 0.306. The van der Waals surface area contributed by atoms with Crippen molar-refractivity contribution in [3.8, 4) is 0 Å². The van der Waals surface area contributed by atoms with Crippen molar-refractivity contribution < 1.29 is 23.9 Å². The fourth-order valence-electron chi connectivity index (χ4n) is 3.00. The minimum absolute atomic E-state index is 0.00521. The number of esters is 1. The molecule has 2 aromatic carbocycles. The Labute approximate surface area is 169 Å². The first-order chi connectivity index (χ1) is 14.1. The average molecular weight is 394 g/mol. The molecule has 7 heteroatoms. The Kier molecular flexibility index (Phi) is 6.63. The molecule has 0 unspecified atom stereocenters. The Bertz CT molecular complexity index is 883. The molecule has 1 aliphatic rings. The molecule has 0 aromatic heterocycles. The van der Waals surface area contributed by atoms with Crippen LogP contribution >= 0.6 is 0 Å². The minimum atomic E-state index is -1.04. The summed E-state index contributed by atoms with van der Waals surface area (Å²) in [5.74, 6) is -0.662. The lowest BCUT2D eigenvalue weighted by molar-refractivity contribution is -0.144. The molecule has 3 rings (SSSR count). The van der Waals surface area contributed by atoms with Gasteiger partial charge in [0.25, 0.3) is 0 Å². The zero-order valence-electron chi connectivity index (χ0n) is 16.1. The molecule has 1 atom stereocenters. The number of carbonyl (C=O) groups excluding carboxylic acids is 3. The van der Waals surface area contributed by atoms with E-state index in [4.69, 9.17) is 9.47 Å². The van der Waals surface area contributed by atoms with Gasteiger partial charge in [0.1, 0.15) is 6.61 Å². The zero-order chi connectivity index (χ0) is 20.6. The summed E-state index contributed by atoms with van der Waals surface area (Å²) in [5.41, 5.74) is 1.77. The first-order valence-electron chi connectivity index (χ1n) is 9.18. The van der Waals surface area contributed by atoms with Crippen LogP contribution in [0.4, 0.5) is 9.59 Å². The Hall–Kier alpha value is -3.61. The van der Waals surface area contributed by atoms with Gasteiger partial charge in [-0.05, 0) is 11.1 Å². The molecule has 1 fully saturated rings. The monoisotopic (exact) mass is 394 g/mol. The highest BCUT2D eigenvalue weighted by Crippen LogP contribution is 2.19. The van der Waals surface area contributed by atoms with Crippen LogP contribution in [0, 0.1) is 0 Å². The maximum atomic E-state index is 12.7. The van der Waals surface area contributed by atoms with Gasteiger partial charge in [-0.2, -0.15) is 0 Å². The molecule has 0 radical (unpaired) electrons. The number of urea groups is 1. The van der Waals surface area contributed by atoms with Gasteiger partial charge in [-0.15, -0.1) is 0 Å². The highest BCUT2D eigenvalue weighted by molar-refractivity contribution is 5.98. The van der Waals surface area contributed by atoms with Gasteiger partial charge in [0.15, 0.2) is 6.04 Å². The van der Waals surface area contributed by atoms with E-state index in [9.17, 15) is 14.4 Å². The van der Waals surface area contributed by atoms with E-state index < -0.39 is 24.1 Å². The summed E-state index contributed by atoms with van der Waals surface area (Å²) < 4.78 is 10.0. The van der Waals surface area contributed by atoms with Crippen LogP contribution in [0.5, 0.6) is 0 Å². The zero-order valence-corrected chi connectivity index (χ0v) is 16.1. The van der Waals surface area contributed by atoms with Gasteiger partial charge in [-0.25, -0.2) is 19.3 Å². The van der Waals surface area contributed by atoms with Gasteiger partial charge in [0.2, 0.25) is 0 Å². The summed E-state index contributed by atoms with van der Waals surface area (Å²) in [6, 6.07) is 17.1. The van der Waals surface area contributed by atoms with Crippen LogP contribution < -0.4 is 0 Å². The molecule has 1 saturated heterocycles. The van der Waals surface area contributed by atoms with Crippen LogP contribution in [-0.4, -0.2) is 54.1 Å². The number of ether oxygens (including phenoxy) is 2. The average Bonchev–Trinajstić information content (AvgIpc) is 3.09. The van der Waals surface area contributed by atoms with Crippen LogP contribution in [-0.2, 0) is 20.9 Å². The van der Waals surface area contributed by atoms with E-state index in [0.29, 0.717) is 0 Å². The molecule has 0 aliphatic carbocycles. The van der Waals surface area contributed by atoms with E-state index in [-0.39, 0.29) is 19.7 Å². The van der Waals surface area contributed by atoms with Gasteiger partial charge in [0, 0.05) is 6.54 Å². The van der Waals surface area contributed by atoms with Crippen LogP contribution in [0.2, 0.25) is 0 Å². The molecule has 1 aliphatic heterocycles. The van der Waals surface area contributed by atoms with Crippen molar-refractivity contribution in [1.82, 2.24) is 9.80 Å². The van der Waals surface area contributed by atoms with Crippen molar-refractivity contribution in [3.05, 3.63) is 77.9 Å². The van der Waals surface area contributed by atoms with Gasteiger partial charge in [-0.1, -0.05) is 72.8 Å². The van der Waals surface area contributed by atoms with E-state index in [1.165, 1.54) is 12.0 Å². The number of benzene rings is 2. The molecule has 0 spiro atoms. The smallest absolute Gasteiger partial charge is 0.419 e. The molecule has 0 saturated carbocycles. The molecule has 3 amide bonds. The lowest BCUT2D eigenvalue weighted by atomic mass is 10.2. The number of methoxy groups -OCH3 is 1. The molecule has 0 bridgehead atoms. The number of amides is 3. The highest BCUT2D eigenvalue weighted by atomic mass is 16.6. The number of nitrogens with zero attached hydrogens (tertiary/aromatic N) is 2. The van der Waals surface area contributed by atoms with Crippen LogP contribution in [0.1, 0.15) is 11.1 Å². The fraction of sp³-hybridized carbons (Fsp3) is 0.227. The van der Waals surface area contributed by atoms with Crippen LogP contribution in [0.15, 0.2) is 66.7 Å². The summed E-state index contributed by atoms with van der Waals surface area (Å²) in [7, 11) is 1.22. The van der Waals surface area contributed by atoms with Crippen molar-refractivity contribution in [2.24, 2.45) is 0 Å². The maximum absolute atomic E-state index is 12.7. The molecule has 29 heavy (non-hydrogen) atoms. The molecule has 2 aromatic rings. The molecule has 1 heterocycles. The largest absolute Gasteiger partial charge is 0.467 e. The molecular formula is C22H22N2O5. The Morgan fingerprint density at radius 2 is 1.72 bits per heavy atom. The Morgan fingerprint density at radius 3 is 2.38 bits per heavy atom. The third-order valence-electron chi connectivity index (χ3n) is 4.49. The lowest BCUT2D eigenvalue weighted by Gasteiger charge is -2.19. The topological polar surface area (TPSA) is 76.2 Å². The lowest BCUT2D eigenvalue weighted by Crippen LogP contribution is -2.44. The van der Waals surface area contributed by atoms with Crippen LogP contribution in [0.25, 0.3) is 6.08 Å². The summed E-state index contributed by atoms with van der Waals surface area (Å²) in [5, 5.41) is 0. The predicted octanol–water partition coefficient (Wildman–Crippen LogP) is 3.32. The first-order valence-corrected chi connectivity index (χ1v) is 9.18. The Balaban J connectivity index is 1.67. The SMILES string of the molecule is COC(=O)[C@@H]1CN(CC=Cc2ccccc2)C(=O)N1C(=O)OCc1ccccc1. The Morgan fingerprint density at radius 1 is 1.07 bits per heavy atom. The number of hydrogen-bond acceptors (Lipinski definition) is 5. The van der Waals surface area contributed by atoms with Crippen molar-refractivity contribution >= 4 is 24.2 Å². The van der Waals surface area contributed by atoms with Gasteiger partial charge >= 0.3 is 18.1 Å². The predicted molar refractivity (Wildman–Crippen MR) is 107 cm³/mol. The number of rotatable bonds is 6.